The van der Waals surface area contributed by atoms with Crippen LogP contribution in [-0.4, -0.2) is 29.1 Å². The Bertz CT molecular complexity index is 651. The number of halogens is 1. The van der Waals surface area contributed by atoms with Gasteiger partial charge in [-0.15, -0.1) is 0 Å². The quantitative estimate of drug-likeness (QED) is 0.914. The fraction of sp³-hybridized carbons (Fsp3) is 0.333. The van der Waals surface area contributed by atoms with E-state index in [1.165, 1.54) is 6.07 Å². The summed E-state index contributed by atoms with van der Waals surface area (Å²) in [4.78, 5) is 17.2. The van der Waals surface area contributed by atoms with E-state index in [-0.39, 0.29) is 11.7 Å². The number of pyridine rings is 1. The van der Waals surface area contributed by atoms with Crippen molar-refractivity contribution in [1.29, 1.82) is 0 Å². The van der Waals surface area contributed by atoms with Crippen LogP contribution in [0.3, 0.4) is 0 Å². The standard InChI is InChI=1S/C15H15FN2O2/c16-12-3-1-2-11-13(4-7-17-14(11)12)18-8-5-10(6-9-18)15(19)20/h1-4,7,10H,5-6,8-9H2,(H,19,20). The molecule has 1 fully saturated rings. The molecule has 0 aliphatic carbocycles. The smallest absolute Gasteiger partial charge is 0.306 e. The van der Waals surface area contributed by atoms with Crippen LogP contribution in [0.4, 0.5) is 10.1 Å². The van der Waals surface area contributed by atoms with E-state index < -0.39 is 5.97 Å². The summed E-state index contributed by atoms with van der Waals surface area (Å²) in [6.45, 7) is 1.35. The van der Waals surface area contributed by atoms with Crippen LogP contribution in [0.5, 0.6) is 0 Å². The molecule has 2 aromatic rings. The molecule has 0 unspecified atom stereocenters. The van der Waals surface area contributed by atoms with Gasteiger partial charge in [-0.3, -0.25) is 9.78 Å². The summed E-state index contributed by atoms with van der Waals surface area (Å²) < 4.78 is 13.7. The Kier molecular flexibility index (Phi) is 3.26. The molecule has 104 valence electrons. The van der Waals surface area contributed by atoms with Crippen molar-refractivity contribution in [3.05, 3.63) is 36.3 Å². The van der Waals surface area contributed by atoms with Crippen molar-refractivity contribution < 1.29 is 14.3 Å². The lowest BCUT2D eigenvalue weighted by Crippen LogP contribution is -2.36. The molecule has 0 spiro atoms. The van der Waals surface area contributed by atoms with Crippen molar-refractivity contribution >= 4 is 22.6 Å². The number of carboxylic acids is 1. The number of aliphatic carboxylic acids is 1. The molecule has 3 rings (SSSR count). The molecule has 1 aromatic heterocycles. The van der Waals surface area contributed by atoms with E-state index in [2.05, 4.69) is 9.88 Å². The minimum Gasteiger partial charge on any atom is -0.481 e. The zero-order chi connectivity index (χ0) is 14.1. The lowest BCUT2D eigenvalue weighted by molar-refractivity contribution is -0.142. The van der Waals surface area contributed by atoms with Gasteiger partial charge >= 0.3 is 5.97 Å². The molecular formula is C15H15FN2O2. The van der Waals surface area contributed by atoms with Crippen molar-refractivity contribution in [2.45, 2.75) is 12.8 Å². The molecule has 5 heteroatoms. The van der Waals surface area contributed by atoms with Gasteiger partial charge in [-0.1, -0.05) is 12.1 Å². The predicted molar refractivity (Wildman–Crippen MR) is 74.3 cm³/mol. The van der Waals surface area contributed by atoms with Gasteiger partial charge in [-0.25, -0.2) is 4.39 Å². The Morgan fingerprint density at radius 2 is 2.05 bits per heavy atom. The van der Waals surface area contributed by atoms with Gasteiger partial charge in [0.15, 0.2) is 0 Å². The Morgan fingerprint density at radius 3 is 2.75 bits per heavy atom. The van der Waals surface area contributed by atoms with Crippen LogP contribution in [0.25, 0.3) is 10.9 Å². The number of piperidine rings is 1. The average molecular weight is 274 g/mol. The minimum atomic E-state index is -0.727. The molecular weight excluding hydrogens is 259 g/mol. The van der Waals surface area contributed by atoms with E-state index >= 15 is 0 Å². The summed E-state index contributed by atoms with van der Waals surface area (Å²) in [5.41, 5.74) is 1.30. The monoisotopic (exact) mass is 274 g/mol. The summed E-state index contributed by atoms with van der Waals surface area (Å²) >= 11 is 0. The lowest BCUT2D eigenvalue weighted by Gasteiger charge is -2.32. The number of aromatic nitrogens is 1. The molecule has 4 nitrogen and oxygen atoms in total. The maximum absolute atomic E-state index is 13.7. The second-order valence-corrected chi connectivity index (χ2v) is 5.07. The van der Waals surface area contributed by atoms with Crippen molar-refractivity contribution in [3.63, 3.8) is 0 Å². The Hall–Kier alpha value is -2.17. The van der Waals surface area contributed by atoms with Gasteiger partial charge in [0.2, 0.25) is 0 Å². The molecule has 1 aliphatic rings. The third-order valence-electron chi connectivity index (χ3n) is 3.88. The zero-order valence-corrected chi connectivity index (χ0v) is 10.9. The number of rotatable bonds is 2. The van der Waals surface area contributed by atoms with Crippen LogP contribution in [-0.2, 0) is 4.79 Å². The summed E-state index contributed by atoms with van der Waals surface area (Å²) in [6, 6.07) is 6.79. The molecule has 0 bridgehead atoms. The number of hydrogen-bond donors (Lipinski definition) is 1. The minimum absolute atomic E-state index is 0.268. The third-order valence-corrected chi connectivity index (χ3v) is 3.88. The first-order chi connectivity index (χ1) is 9.66. The SMILES string of the molecule is O=C(O)C1CCN(c2ccnc3c(F)cccc23)CC1. The zero-order valence-electron chi connectivity index (χ0n) is 10.9. The number of para-hydroxylation sites is 1. The van der Waals surface area contributed by atoms with Gasteiger partial charge in [-0.2, -0.15) is 0 Å². The van der Waals surface area contributed by atoms with Gasteiger partial charge in [0.1, 0.15) is 11.3 Å². The number of hydrogen-bond acceptors (Lipinski definition) is 3. The van der Waals surface area contributed by atoms with Crippen LogP contribution in [0.15, 0.2) is 30.5 Å². The normalized spacial score (nSPS) is 16.6. The molecule has 0 radical (unpaired) electrons. The maximum atomic E-state index is 13.7. The summed E-state index contributed by atoms with van der Waals surface area (Å²) in [5, 5.41) is 9.80. The molecule has 0 atom stereocenters. The predicted octanol–water partition coefficient (Wildman–Crippen LogP) is 2.67. The van der Waals surface area contributed by atoms with Gasteiger partial charge in [0, 0.05) is 30.4 Å². The molecule has 0 saturated carbocycles. The highest BCUT2D eigenvalue weighted by Crippen LogP contribution is 2.30. The number of nitrogens with zero attached hydrogens (tertiary/aromatic N) is 2. The highest BCUT2D eigenvalue weighted by atomic mass is 19.1. The molecule has 2 heterocycles. The van der Waals surface area contributed by atoms with E-state index in [0.29, 0.717) is 31.4 Å². The first kappa shape index (κ1) is 12.8. The molecule has 1 N–H and O–H groups in total. The van der Waals surface area contributed by atoms with Crippen molar-refractivity contribution in [3.8, 4) is 0 Å². The number of anilines is 1. The number of benzene rings is 1. The molecule has 1 aromatic carbocycles. The summed E-state index contributed by atoms with van der Waals surface area (Å²) in [5.74, 6) is -1.32. The first-order valence-corrected chi connectivity index (χ1v) is 6.68. The maximum Gasteiger partial charge on any atom is 0.306 e. The van der Waals surface area contributed by atoms with E-state index in [4.69, 9.17) is 5.11 Å². The van der Waals surface area contributed by atoms with Gasteiger partial charge in [0.05, 0.1) is 5.92 Å². The molecule has 0 amide bonds. The Labute approximate surface area is 115 Å². The largest absolute Gasteiger partial charge is 0.481 e. The second-order valence-electron chi connectivity index (χ2n) is 5.07. The highest BCUT2D eigenvalue weighted by molar-refractivity contribution is 5.92. The fourth-order valence-electron chi connectivity index (χ4n) is 2.77. The van der Waals surface area contributed by atoms with Crippen LogP contribution >= 0.6 is 0 Å². The topological polar surface area (TPSA) is 53.4 Å². The molecule has 1 saturated heterocycles. The van der Waals surface area contributed by atoms with Crippen LogP contribution in [0, 0.1) is 11.7 Å². The first-order valence-electron chi connectivity index (χ1n) is 6.68. The van der Waals surface area contributed by atoms with Crippen molar-refractivity contribution in [2.24, 2.45) is 5.92 Å². The van der Waals surface area contributed by atoms with E-state index in [1.807, 2.05) is 12.1 Å². The van der Waals surface area contributed by atoms with Crippen LogP contribution in [0.1, 0.15) is 12.8 Å². The second kappa shape index (κ2) is 5.07. The van der Waals surface area contributed by atoms with Crippen molar-refractivity contribution in [1.82, 2.24) is 4.98 Å². The van der Waals surface area contributed by atoms with Crippen LogP contribution < -0.4 is 4.90 Å². The van der Waals surface area contributed by atoms with Gasteiger partial charge in [0.25, 0.3) is 0 Å². The summed E-state index contributed by atoms with van der Waals surface area (Å²) in [6.07, 6.45) is 2.84. The average Bonchev–Trinajstić information content (AvgIpc) is 2.47. The van der Waals surface area contributed by atoms with E-state index in [1.54, 1.807) is 12.3 Å². The molecule has 1 aliphatic heterocycles. The number of fused-ring (bicyclic) bond motifs is 1. The number of carboxylic acid groups (broad SMARTS) is 1. The van der Waals surface area contributed by atoms with E-state index in [9.17, 15) is 9.18 Å². The van der Waals surface area contributed by atoms with Crippen LogP contribution in [0.2, 0.25) is 0 Å². The van der Waals surface area contributed by atoms with E-state index in [0.717, 1.165) is 11.1 Å². The lowest BCUT2D eigenvalue weighted by atomic mass is 9.96. The number of carbonyl (C=O) groups is 1. The van der Waals surface area contributed by atoms with Crippen molar-refractivity contribution in [2.75, 3.05) is 18.0 Å². The molecule has 20 heavy (non-hydrogen) atoms. The third kappa shape index (κ3) is 2.19. The van der Waals surface area contributed by atoms with Gasteiger partial charge in [-0.05, 0) is 25.0 Å². The summed E-state index contributed by atoms with van der Waals surface area (Å²) in [7, 11) is 0. The highest BCUT2D eigenvalue weighted by Gasteiger charge is 2.25. The van der Waals surface area contributed by atoms with Gasteiger partial charge < -0.3 is 10.0 Å². The Morgan fingerprint density at radius 1 is 1.30 bits per heavy atom. The Balaban J connectivity index is 1.92. The fourth-order valence-corrected chi connectivity index (χ4v) is 2.77.